The van der Waals surface area contributed by atoms with E-state index in [0.29, 0.717) is 25.7 Å². The summed E-state index contributed by atoms with van der Waals surface area (Å²) in [5.41, 5.74) is 0. The van der Waals surface area contributed by atoms with Gasteiger partial charge >= 0.3 is 11.9 Å². The van der Waals surface area contributed by atoms with Crippen molar-refractivity contribution in [2.24, 2.45) is 0 Å². The summed E-state index contributed by atoms with van der Waals surface area (Å²) in [6.07, 6.45) is 32.0. The van der Waals surface area contributed by atoms with Crippen molar-refractivity contribution >= 4 is 23.7 Å². The van der Waals surface area contributed by atoms with Crippen LogP contribution in [0.1, 0.15) is 207 Å². The maximum absolute atomic E-state index is 12.6. The van der Waals surface area contributed by atoms with Gasteiger partial charge in [-0.25, -0.2) is 0 Å². The van der Waals surface area contributed by atoms with E-state index in [1.807, 2.05) is 13.8 Å². The Labute approximate surface area is 260 Å². The Balaban J connectivity index is 4.50. The molecule has 2 atom stereocenters. The zero-order valence-electron chi connectivity index (χ0n) is 27.9. The SMILES string of the molecule is CCCCCCCCCCCCCCC(CC)(SC(CC)(CCCCCCCCCCCCCC)C(=O)O)C(=O)O. The van der Waals surface area contributed by atoms with Gasteiger partial charge in [-0.3, -0.25) is 9.59 Å². The largest absolute Gasteiger partial charge is 0.480 e. The smallest absolute Gasteiger partial charge is 0.319 e. The van der Waals surface area contributed by atoms with Crippen molar-refractivity contribution in [1.29, 1.82) is 0 Å². The topological polar surface area (TPSA) is 74.6 Å². The van der Waals surface area contributed by atoms with E-state index in [0.717, 1.165) is 38.5 Å². The van der Waals surface area contributed by atoms with Crippen LogP contribution in [0, 0.1) is 0 Å². The standard InChI is InChI=1S/C36H70O4S/c1-5-9-11-13-15-17-19-21-23-25-27-29-31-35(7-3,33(37)38)41-36(8-4,34(39)40)32-30-28-26-24-22-20-18-16-14-12-10-6-2/h5-32H2,1-4H3,(H,37,38)(H,39,40). The highest BCUT2D eigenvalue weighted by molar-refractivity contribution is 8.03. The van der Waals surface area contributed by atoms with Crippen LogP contribution < -0.4 is 0 Å². The summed E-state index contributed by atoms with van der Waals surface area (Å²) in [5, 5.41) is 20.6. The highest BCUT2D eigenvalue weighted by Crippen LogP contribution is 2.47. The van der Waals surface area contributed by atoms with Crippen molar-refractivity contribution in [3.05, 3.63) is 0 Å². The van der Waals surface area contributed by atoms with E-state index >= 15 is 0 Å². The van der Waals surface area contributed by atoms with E-state index < -0.39 is 21.4 Å². The predicted octanol–water partition coefficient (Wildman–Crippen LogP) is 12.4. The normalized spacial score (nSPS) is 14.5. The van der Waals surface area contributed by atoms with Gasteiger partial charge in [0.25, 0.3) is 0 Å². The summed E-state index contributed by atoms with van der Waals surface area (Å²) in [5.74, 6) is -1.66. The molecule has 0 radical (unpaired) electrons. The summed E-state index contributed by atoms with van der Waals surface area (Å²) in [4.78, 5) is 25.1. The molecule has 0 bridgehead atoms. The molecular weight excluding hydrogens is 528 g/mol. The van der Waals surface area contributed by atoms with Crippen LogP contribution in [-0.2, 0) is 9.59 Å². The van der Waals surface area contributed by atoms with Gasteiger partial charge in [0, 0.05) is 0 Å². The fourth-order valence-corrected chi connectivity index (χ4v) is 7.78. The Hall–Kier alpha value is -0.710. The van der Waals surface area contributed by atoms with E-state index in [9.17, 15) is 19.8 Å². The monoisotopic (exact) mass is 598 g/mol. The Morgan fingerprint density at radius 2 is 0.634 bits per heavy atom. The zero-order valence-corrected chi connectivity index (χ0v) is 28.7. The lowest BCUT2D eigenvalue weighted by Crippen LogP contribution is -2.45. The van der Waals surface area contributed by atoms with Crippen molar-refractivity contribution < 1.29 is 19.8 Å². The second-order valence-electron chi connectivity index (χ2n) is 12.7. The zero-order chi connectivity index (χ0) is 30.7. The first-order valence-corrected chi connectivity index (χ1v) is 18.8. The molecule has 0 rings (SSSR count). The Bertz CT molecular complexity index is 573. The number of rotatable bonds is 32. The third-order valence-corrected chi connectivity index (χ3v) is 11.3. The summed E-state index contributed by atoms with van der Waals surface area (Å²) >= 11 is 1.27. The minimum Gasteiger partial charge on any atom is -0.480 e. The van der Waals surface area contributed by atoms with E-state index in [1.54, 1.807) is 0 Å². The van der Waals surface area contributed by atoms with Crippen molar-refractivity contribution in [2.75, 3.05) is 0 Å². The van der Waals surface area contributed by atoms with Crippen LogP contribution >= 0.6 is 11.8 Å². The number of hydrogen-bond donors (Lipinski definition) is 2. The summed E-state index contributed by atoms with van der Waals surface area (Å²) in [6, 6.07) is 0. The molecule has 0 aromatic rings. The molecule has 244 valence electrons. The molecule has 0 aliphatic carbocycles. The molecular formula is C36H70O4S. The second-order valence-corrected chi connectivity index (χ2v) is 14.5. The van der Waals surface area contributed by atoms with Crippen molar-refractivity contribution in [2.45, 2.75) is 217 Å². The van der Waals surface area contributed by atoms with Crippen molar-refractivity contribution in [3.63, 3.8) is 0 Å². The molecule has 2 N–H and O–H groups in total. The molecule has 0 amide bonds. The van der Waals surface area contributed by atoms with Crippen LogP contribution in [0.3, 0.4) is 0 Å². The molecule has 4 nitrogen and oxygen atoms in total. The lowest BCUT2D eigenvalue weighted by Gasteiger charge is -2.37. The maximum atomic E-state index is 12.6. The molecule has 0 fully saturated rings. The van der Waals surface area contributed by atoms with Gasteiger partial charge in [0.2, 0.25) is 0 Å². The Kier molecular flexibility index (Phi) is 26.4. The van der Waals surface area contributed by atoms with Gasteiger partial charge < -0.3 is 10.2 Å². The van der Waals surface area contributed by atoms with Gasteiger partial charge in [-0.1, -0.05) is 182 Å². The quantitative estimate of drug-likeness (QED) is 0.0753. The molecule has 41 heavy (non-hydrogen) atoms. The molecule has 0 aromatic carbocycles. The first-order chi connectivity index (χ1) is 19.8. The van der Waals surface area contributed by atoms with Crippen LogP contribution in [-0.4, -0.2) is 31.6 Å². The number of carbonyl (C=O) groups is 2. The minimum atomic E-state index is -1.01. The van der Waals surface area contributed by atoms with Crippen LogP contribution in [0.4, 0.5) is 0 Å². The van der Waals surface area contributed by atoms with Crippen LogP contribution in [0.5, 0.6) is 0 Å². The summed E-state index contributed by atoms with van der Waals surface area (Å²) < 4.78 is -2.02. The highest BCUT2D eigenvalue weighted by Gasteiger charge is 2.48. The number of carboxylic acid groups (broad SMARTS) is 2. The lowest BCUT2D eigenvalue weighted by atomic mass is 9.95. The maximum Gasteiger partial charge on any atom is 0.319 e. The number of unbranched alkanes of at least 4 members (excludes halogenated alkanes) is 22. The minimum absolute atomic E-state index is 0.471. The van der Waals surface area contributed by atoms with Gasteiger partial charge in [0.15, 0.2) is 0 Å². The fourth-order valence-electron chi connectivity index (χ4n) is 6.08. The first kappa shape index (κ1) is 40.3. The molecule has 0 aliphatic rings. The molecule has 0 saturated carbocycles. The van der Waals surface area contributed by atoms with E-state index in [2.05, 4.69) is 13.8 Å². The van der Waals surface area contributed by atoms with Gasteiger partial charge in [0.1, 0.15) is 9.49 Å². The number of carboxylic acids is 2. The molecule has 2 unspecified atom stereocenters. The van der Waals surface area contributed by atoms with E-state index in [-0.39, 0.29) is 0 Å². The summed E-state index contributed by atoms with van der Waals surface area (Å²) in [7, 11) is 0. The van der Waals surface area contributed by atoms with Gasteiger partial charge in [-0.2, -0.15) is 0 Å². The second kappa shape index (κ2) is 26.9. The van der Waals surface area contributed by atoms with Gasteiger partial charge in [0.05, 0.1) is 0 Å². The average Bonchev–Trinajstić information content (AvgIpc) is 2.96. The predicted molar refractivity (Wildman–Crippen MR) is 180 cm³/mol. The molecule has 5 heteroatoms. The first-order valence-electron chi connectivity index (χ1n) is 18.0. The van der Waals surface area contributed by atoms with E-state index in [1.165, 1.54) is 127 Å². The molecule has 0 saturated heterocycles. The van der Waals surface area contributed by atoms with Crippen LogP contribution in [0.15, 0.2) is 0 Å². The molecule has 0 spiro atoms. The van der Waals surface area contributed by atoms with Crippen LogP contribution in [0.25, 0.3) is 0 Å². The number of hydrogen-bond acceptors (Lipinski definition) is 3. The van der Waals surface area contributed by atoms with Crippen molar-refractivity contribution in [3.8, 4) is 0 Å². The molecule has 0 aliphatic heterocycles. The molecule has 0 heterocycles. The Morgan fingerprint density at radius 1 is 0.415 bits per heavy atom. The third-order valence-electron chi connectivity index (χ3n) is 9.18. The average molecular weight is 599 g/mol. The Morgan fingerprint density at radius 3 is 0.829 bits per heavy atom. The number of thioether (sulfide) groups is 1. The molecule has 0 aromatic heterocycles. The highest BCUT2D eigenvalue weighted by atomic mass is 32.2. The third kappa shape index (κ3) is 19.2. The summed E-state index contributed by atoms with van der Waals surface area (Å²) in [6.45, 7) is 8.36. The van der Waals surface area contributed by atoms with Gasteiger partial charge in [-0.15, -0.1) is 11.8 Å². The fraction of sp³-hybridized carbons (Fsp3) is 0.944. The lowest BCUT2D eigenvalue weighted by molar-refractivity contribution is -0.140. The van der Waals surface area contributed by atoms with E-state index in [4.69, 9.17) is 0 Å². The number of aliphatic carboxylic acids is 2. The van der Waals surface area contributed by atoms with Gasteiger partial charge in [-0.05, 0) is 25.7 Å². The van der Waals surface area contributed by atoms with Crippen LogP contribution in [0.2, 0.25) is 0 Å². The van der Waals surface area contributed by atoms with Crippen molar-refractivity contribution in [1.82, 2.24) is 0 Å².